The molecule has 0 rings (SSSR count). The smallest absolute Gasteiger partial charge is 0.336 e. The molecule has 0 spiro atoms. The predicted octanol–water partition coefficient (Wildman–Crippen LogP) is -0.280. The van der Waals surface area contributed by atoms with Crippen LogP contribution in [0.5, 0.6) is 0 Å². The number of alkyl halides is 2. The Bertz CT molecular complexity index is 217. The summed E-state index contributed by atoms with van der Waals surface area (Å²) in [7, 11) is 0. The third kappa shape index (κ3) is 3.30. The van der Waals surface area contributed by atoms with Crippen molar-refractivity contribution in [3.63, 3.8) is 0 Å². The van der Waals surface area contributed by atoms with Crippen molar-refractivity contribution in [2.24, 2.45) is 5.73 Å². The number of nitrogens with one attached hydrogen (secondary N) is 1. The van der Waals surface area contributed by atoms with Crippen LogP contribution in [0.2, 0.25) is 0 Å². The van der Waals surface area contributed by atoms with Crippen LogP contribution in [0.3, 0.4) is 0 Å². The molecule has 0 aromatic carbocycles. The minimum atomic E-state index is -3.49. The van der Waals surface area contributed by atoms with Gasteiger partial charge in [-0.25, -0.2) is 0 Å². The zero-order valence-corrected chi connectivity index (χ0v) is 6.66. The summed E-state index contributed by atoms with van der Waals surface area (Å²) in [6.45, 7) is 0.483. The molecule has 0 saturated heterocycles. The van der Waals surface area contributed by atoms with Crippen molar-refractivity contribution >= 4 is 5.91 Å². The molecular formula is C7H10F2N2O. The predicted molar refractivity (Wildman–Crippen MR) is 40.5 cm³/mol. The third-order valence-corrected chi connectivity index (χ3v) is 1.10. The zero-order valence-electron chi connectivity index (χ0n) is 6.66. The van der Waals surface area contributed by atoms with Gasteiger partial charge in [0.05, 0.1) is 13.1 Å². The summed E-state index contributed by atoms with van der Waals surface area (Å²) in [4.78, 5) is 10.6. The van der Waals surface area contributed by atoms with Crippen LogP contribution >= 0.6 is 0 Å². The van der Waals surface area contributed by atoms with Crippen LogP contribution in [0.15, 0.2) is 0 Å². The number of nitrogens with two attached hydrogens (primary N) is 1. The van der Waals surface area contributed by atoms with Crippen LogP contribution in [0.25, 0.3) is 0 Å². The van der Waals surface area contributed by atoms with Crippen LogP contribution in [-0.4, -0.2) is 24.9 Å². The topological polar surface area (TPSA) is 55.1 Å². The van der Waals surface area contributed by atoms with E-state index in [1.165, 1.54) is 0 Å². The van der Waals surface area contributed by atoms with Crippen molar-refractivity contribution < 1.29 is 13.6 Å². The Morgan fingerprint density at radius 1 is 1.67 bits per heavy atom. The Balaban J connectivity index is 3.93. The monoisotopic (exact) mass is 176 g/mol. The highest BCUT2D eigenvalue weighted by Crippen LogP contribution is 2.09. The molecule has 5 heteroatoms. The lowest BCUT2D eigenvalue weighted by Gasteiger charge is -2.11. The lowest BCUT2D eigenvalue weighted by atomic mass is 10.3. The van der Waals surface area contributed by atoms with Gasteiger partial charge in [0.25, 0.3) is 5.91 Å². The third-order valence-electron chi connectivity index (χ3n) is 1.10. The summed E-state index contributed by atoms with van der Waals surface area (Å²) in [5.74, 6) is -0.00147. The van der Waals surface area contributed by atoms with Gasteiger partial charge in [-0.1, -0.05) is 5.92 Å². The first-order valence-corrected chi connectivity index (χ1v) is 3.30. The molecule has 0 unspecified atom stereocenters. The number of hydrogen-bond donors (Lipinski definition) is 2. The maximum atomic E-state index is 12.4. The van der Waals surface area contributed by atoms with Crippen molar-refractivity contribution in [1.29, 1.82) is 0 Å². The zero-order chi connectivity index (χ0) is 9.61. The highest BCUT2D eigenvalue weighted by molar-refractivity contribution is 5.83. The van der Waals surface area contributed by atoms with Gasteiger partial charge in [0, 0.05) is 0 Å². The summed E-state index contributed by atoms with van der Waals surface area (Å²) >= 11 is 0. The number of amides is 1. The lowest BCUT2D eigenvalue weighted by molar-refractivity contribution is -0.143. The van der Waals surface area contributed by atoms with Crippen LogP contribution < -0.4 is 11.1 Å². The van der Waals surface area contributed by atoms with Gasteiger partial charge in [0.1, 0.15) is 0 Å². The van der Waals surface area contributed by atoms with Crippen molar-refractivity contribution in [3.05, 3.63) is 0 Å². The van der Waals surface area contributed by atoms with Crippen molar-refractivity contribution in [2.75, 3.05) is 13.1 Å². The minimum Gasteiger partial charge on any atom is -0.340 e. The summed E-state index contributed by atoms with van der Waals surface area (Å²) in [5.41, 5.74) is 4.66. The van der Waals surface area contributed by atoms with Gasteiger partial charge in [-0.05, 0) is 6.92 Å². The van der Waals surface area contributed by atoms with Crippen LogP contribution in [0.1, 0.15) is 6.92 Å². The highest BCUT2D eigenvalue weighted by Gasteiger charge is 2.36. The van der Waals surface area contributed by atoms with E-state index in [4.69, 9.17) is 0 Å². The number of carbonyl (C=O) groups excluding carboxylic acids is 1. The molecule has 0 aromatic heterocycles. The number of halogens is 2. The summed E-state index contributed by atoms with van der Waals surface area (Å²) in [6, 6.07) is 0. The van der Waals surface area contributed by atoms with Crippen LogP contribution in [0.4, 0.5) is 8.78 Å². The molecular weight excluding hydrogens is 166 g/mol. The second-order valence-electron chi connectivity index (χ2n) is 2.02. The van der Waals surface area contributed by atoms with E-state index < -0.39 is 18.4 Å². The molecule has 0 radical (unpaired) electrons. The van der Waals surface area contributed by atoms with E-state index in [1.54, 1.807) is 6.92 Å². The Morgan fingerprint density at radius 3 is 2.67 bits per heavy atom. The number of carbonyl (C=O) groups is 1. The van der Waals surface area contributed by atoms with E-state index in [0.717, 1.165) is 0 Å². The Morgan fingerprint density at radius 2 is 2.25 bits per heavy atom. The summed E-state index contributed by atoms with van der Waals surface area (Å²) < 4.78 is 24.8. The molecule has 3 N–H and O–H groups in total. The van der Waals surface area contributed by atoms with Gasteiger partial charge < -0.3 is 11.1 Å². The summed E-state index contributed by atoms with van der Waals surface area (Å²) in [6.07, 6.45) is 0. The quantitative estimate of drug-likeness (QED) is 0.581. The molecule has 0 saturated carbocycles. The highest BCUT2D eigenvalue weighted by atomic mass is 19.3. The van der Waals surface area contributed by atoms with Gasteiger partial charge in [0.2, 0.25) is 0 Å². The van der Waals surface area contributed by atoms with E-state index in [1.807, 2.05) is 5.32 Å². The molecule has 0 aliphatic carbocycles. The Labute approximate surface area is 69.3 Å². The maximum Gasteiger partial charge on any atom is 0.336 e. The molecule has 0 aliphatic heterocycles. The van der Waals surface area contributed by atoms with E-state index in [0.29, 0.717) is 0 Å². The largest absolute Gasteiger partial charge is 0.340 e. The fourth-order valence-corrected chi connectivity index (χ4v) is 0.435. The van der Waals surface area contributed by atoms with Gasteiger partial charge in [0.15, 0.2) is 0 Å². The SMILES string of the molecule is CC#CCNC(=O)C(F)(F)CN. The maximum absolute atomic E-state index is 12.4. The van der Waals surface area contributed by atoms with Crippen molar-refractivity contribution in [2.45, 2.75) is 12.8 Å². The average Bonchev–Trinajstić information content (AvgIpc) is 2.05. The van der Waals surface area contributed by atoms with Crippen LogP contribution in [0, 0.1) is 11.8 Å². The second-order valence-corrected chi connectivity index (χ2v) is 2.02. The Kier molecular flexibility index (Phi) is 4.22. The molecule has 3 nitrogen and oxygen atoms in total. The first-order valence-electron chi connectivity index (χ1n) is 3.30. The number of rotatable bonds is 3. The van der Waals surface area contributed by atoms with Crippen LogP contribution in [-0.2, 0) is 4.79 Å². The van der Waals surface area contributed by atoms with E-state index in [9.17, 15) is 13.6 Å². The van der Waals surface area contributed by atoms with E-state index in [2.05, 4.69) is 17.6 Å². The molecule has 12 heavy (non-hydrogen) atoms. The van der Waals surface area contributed by atoms with Gasteiger partial charge in [-0.3, -0.25) is 4.79 Å². The van der Waals surface area contributed by atoms with E-state index >= 15 is 0 Å². The fraction of sp³-hybridized carbons (Fsp3) is 0.571. The molecule has 0 fully saturated rings. The molecule has 68 valence electrons. The second kappa shape index (κ2) is 4.67. The van der Waals surface area contributed by atoms with Crippen molar-refractivity contribution in [3.8, 4) is 11.8 Å². The molecule has 0 bridgehead atoms. The first kappa shape index (κ1) is 10.8. The standard InChI is InChI=1S/C7H10F2N2O/c1-2-3-4-11-6(12)7(8,9)5-10/h4-5,10H2,1H3,(H,11,12). The molecule has 0 aromatic rings. The van der Waals surface area contributed by atoms with Crippen molar-refractivity contribution in [1.82, 2.24) is 5.32 Å². The van der Waals surface area contributed by atoms with Gasteiger partial charge in [-0.15, -0.1) is 5.92 Å². The first-order chi connectivity index (χ1) is 5.54. The van der Waals surface area contributed by atoms with Gasteiger partial charge >= 0.3 is 5.92 Å². The fourth-order valence-electron chi connectivity index (χ4n) is 0.435. The molecule has 0 atom stereocenters. The average molecular weight is 176 g/mol. The van der Waals surface area contributed by atoms with E-state index in [-0.39, 0.29) is 6.54 Å². The Hall–Kier alpha value is -1.15. The summed E-state index contributed by atoms with van der Waals surface area (Å²) in [5, 5.41) is 1.93. The molecule has 0 heterocycles. The van der Waals surface area contributed by atoms with Gasteiger partial charge in [-0.2, -0.15) is 8.78 Å². The lowest BCUT2D eigenvalue weighted by Crippen LogP contribution is -2.45. The minimum absolute atomic E-state index is 0.0784. The molecule has 1 amide bonds. The molecule has 0 aliphatic rings. The normalized spacial score (nSPS) is 10.0. The number of hydrogen-bond acceptors (Lipinski definition) is 2.